The number of benzene rings is 2. The molecule has 8 heteroatoms. The third-order valence-corrected chi connectivity index (χ3v) is 6.37. The number of ether oxygens (including phenoxy) is 4. The van der Waals surface area contributed by atoms with Crippen LogP contribution in [0.15, 0.2) is 65.6 Å². The Morgan fingerprint density at radius 1 is 0.950 bits per heavy atom. The molecule has 2 aromatic carbocycles. The summed E-state index contributed by atoms with van der Waals surface area (Å²) in [5.41, 5.74) is 1.77. The van der Waals surface area contributed by atoms with Gasteiger partial charge in [-0.15, -0.1) is 0 Å². The minimum atomic E-state index is -0.953. The molecule has 2 unspecified atom stereocenters. The maximum atomic E-state index is 11.1. The Hall–Kier alpha value is -3.17. The van der Waals surface area contributed by atoms with Gasteiger partial charge in [-0.2, -0.15) is 0 Å². The van der Waals surface area contributed by atoms with Crippen LogP contribution in [0.2, 0.25) is 0 Å². The Bertz CT molecular complexity index is 1260. The van der Waals surface area contributed by atoms with Gasteiger partial charge in [0, 0.05) is 29.5 Å². The smallest absolute Gasteiger partial charge is 0.330 e. The fraction of sp³-hybridized carbons (Fsp3) is 0.469. The first-order valence-electron chi connectivity index (χ1n) is 13.6. The molecule has 0 saturated heterocycles. The molecule has 3 aromatic rings. The Kier molecular flexibility index (Phi) is 10.9. The van der Waals surface area contributed by atoms with Gasteiger partial charge in [-0.3, -0.25) is 0 Å². The molecule has 218 valence electrons. The largest absolute Gasteiger partial charge is 0.491 e. The van der Waals surface area contributed by atoms with Crippen molar-refractivity contribution >= 4 is 16.9 Å². The van der Waals surface area contributed by atoms with Crippen LogP contribution >= 0.6 is 0 Å². The number of fused-ring (bicyclic) bond motifs is 1. The summed E-state index contributed by atoms with van der Waals surface area (Å²) in [7, 11) is 0. The molecule has 3 rings (SSSR count). The molecule has 0 saturated carbocycles. The number of esters is 1. The lowest BCUT2D eigenvalue weighted by Crippen LogP contribution is -2.41. The predicted molar refractivity (Wildman–Crippen MR) is 154 cm³/mol. The third kappa shape index (κ3) is 9.48. The average molecular weight is 555 g/mol. The first-order chi connectivity index (χ1) is 18.9. The molecule has 8 nitrogen and oxygen atoms in total. The first-order valence-corrected chi connectivity index (χ1v) is 13.6. The summed E-state index contributed by atoms with van der Waals surface area (Å²) in [6.07, 6.45) is 0.652. The topological polar surface area (TPSA) is 108 Å². The summed E-state index contributed by atoms with van der Waals surface area (Å²) in [4.78, 5) is 11.1. The summed E-state index contributed by atoms with van der Waals surface area (Å²) in [5, 5.41) is 21.5. The SMILES string of the molecule is C=CC(=O)OCC(O)COC(C)(C)CC(C)(C)OCC(O)COc1ccc2cc(-c3ccccc3CC)oc2c1. The van der Waals surface area contributed by atoms with Crippen molar-refractivity contribution in [2.75, 3.05) is 26.4 Å². The van der Waals surface area contributed by atoms with E-state index in [0.717, 1.165) is 34.8 Å². The van der Waals surface area contributed by atoms with E-state index in [1.807, 2.05) is 64.1 Å². The van der Waals surface area contributed by atoms with E-state index < -0.39 is 29.4 Å². The lowest BCUT2D eigenvalue weighted by atomic mass is 9.92. The van der Waals surface area contributed by atoms with Crippen LogP contribution in [0.25, 0.3) is 22.3 Å². The number of aliphatic hydroxyl groups excluding tert-OH is 2. The minimum absolute atomic E-state index is 0.00338. The fourth-order valence-electron chi connectivity index (χ4n) is 4.60. The van der Waals surface area contributed by atoms with Gasteiger partial charge >= 0.3 is 5.97 Å². The molecular weight excluding hydrogens is 512 g/mol. The van der Waals surface area contributed by atoms with Crippen molar-refractivity contribution in [3.63, 3.8) is 0 Å². The van der Waals surface area contributed by atoms with E-state index in [0.29, 0.717) is 12.2 Å². The van der Waals surface area contributed by atoms with Crippen LogP contribution in [0.5, 0.6) is 5.75 Å². The average Bonchev–Trinajstić information content (AvgIpc) is 3.35. The second-order valence-corrected chi connectivity index (χ2v) is 11.1. The molecule has 0 aliphatic carbocycles. The number of aryl methyl sites for hydroxylation is 1. The standard InChI is InChI=1S/C32H42O8/c1-7-22-11-9-10-12-27(22)29-15-23-13-14-26(16-28(23)40-29)36-17-24(33)19-38-31(3,4)21-32(5,6)39-20-25(34)18-37-30(35)8-2/h8-16,24-25,33-34H,2,7,17-21H2,1,3-6H3. The van der Waals surface area contributed by atoms with Gasteiger partial charge < -0.3 is 33.6 Å². The molecule has 2 atom stereocenters. The highest BCUT2D eigenvalue weighted by Gasteiger charge is 2.31. The van der Waals surface area contributed by atoms with Crippen LogP contribution in [0.1, 0.15) is 46.6 Å². The van der Waals surface area contributed by atoms with Crippen LogP contribution < -0.4 is 4.74 Å². The summed E-state index contributed by atoms with van der Waals surface area (Å²) < 4.78 is 28.6. The lowest BCUT2D eigenvalue weighted by Gasteiger charge is -2.36. The highest BCUT2D eigenvalue weighted by molar-refractivity contribution is 5.84. The Labute approximate surface area is 236 Å². The monoisotopic (exact) mass is 554 g/mol. The van der Waals surface area contributed by atoms with Gasteiger partial charge in [0.15, 0.2) is 0 Å². The Morgan fingerprint density at radius 3 is 2.25 bits per heavy atom. The lowest BCUT2D eigenvalue weighted by molar-refractivity contribution is -0.147. The molecule has 0 aliphatic rings. The zero-order chi connectivity index (χ0) is 29.3. The molecule has 40 heavy (non-hydrogen) atoms. The first kappa shape index (κ1) is 31.4. The number of furan rings is 1. The van der Waals surface area contributed by atoms with E-state index in [2.05, 4.69) is 25.6 Å². The quantitative estimate of drug-likeness (QED) is 0.177. The maximum Gasteiger partial charge on any atom is 0.330 e. The van der Waals surface area contributed by atoms with Crippen molar-refractivity contribution in [3.8, 4) is 17.1 Å². The maximum absolute atomic E-state index is 11.1. The number of rotatable bonds is 16. The minimum Gasteiger partial charge on any atom is -0.491 e. The molecule has 0 fully saturated rings. The molecule has 2 N–H and O–H groups in total. The molecular formula is C32H42O8. The van der Waals surface area contributed by atoms with Crippen LogP contribution in [0.4, 0.5) is 0 Å². The number of hydrogen-bond acceptors (Lipinski definition) is 8. The van der Waals surface area contributed by atoms with Crippen LogP contribution in [-0.2, 0) is 25.4 Å². The fourth-order valence-corrected chi connectivity index (χ4v) is 4.60. The highest BCUT2D eigenvalue weighted by Crippen LogP contribution is 2.32. The van der Waals surface area contributed by atoms with Gasteiger partial charge in [0.05, 0.1) is 24.4 Å². The Balaban J connectivity index is 1.47. The summed E-state index contributed by atoms with van der Waals surface area (Å²) in [5.74, 6) is 0.819. The van der Waals surface area contributed by atoms with Gasteiger partial charge in [0.2, 0.25) is 0 Å². The van der Waals surface area contributed by atoms with Crippen LogP contribution in [-0.4, -0.2) is 66.0 Å². The van der Waals surface area contributed by atoms with Gasteiger partial charge in [0.1, 0.15) is 42.5 Å². The van der Waals surface area contributed by atoms with Crippen LogP contribution in [0.3, 0.4) is 0 Å². The van der Waals surface area contributed by atoms with Crippen molar-refractivity contribution < 1.29 is 38.4 Å². The molecule has 0 aliphatic heterocycles. The van der Waals surface area contributed by atoms with Gasteiger partial charge in [0.25, 0.3) is 0 Å². The molecule has 0 spiro atoms. The summed E-state index contributed by atoms with van der Waals surface area (Å²) in [6, 6.07) is 15.9. The van der Waals surface area contributed by atoms with Crippen molar-refractivity contribution in [3.05, 3.63) is 66.7 Å². The zero-order valence-electron chi connectivity index (χ0n) is 24.1. The molecule has 1 heterocycles. The number of aliphatic hydroxyl groups is 2. The molecule has 0 amide bonds. The Morgan fingerprint density at radius 2 is 1.60 bits per heavy atom. The number of carbonyl (C=O) groups excluding carboxylic acids is 1. The van der Waals surface area contributed by atoms with E-state index in [1.165, 1.54) is 5.56 Å². The number of hydrogen-bond donors (Lipinski definition) is 2. The van der Waals surface area contributed by atoms with Crippen molar-refractivity contribution in [2.24, 2.45) is 0 Å². The molecule has 1 aromatic heterocycles. The van der Waals surface area contributed by atoms with Gasteiger partial charge in [-0.25, -0.2) is 4.79 Å². The zero-order valence-corrected chi connectivity index (χ0v) is 24.1. The van der Waals surface area contributed by atoms with Crippen molar-refractivity contribution in [1.82, 2.24) is 0 Å². The van der Waals surface area contributed by atoms with E-state index in [-0.39, 0.29) is 26.4 Å². The van der Waals surface area contributed by atoms with E-state index in [9.17, 15) is 15.0 Å². The van der Waals surface area contributed by atoms with E-state index in [4.69, 9.17) is 23.4 Å². The van der Waals surface area contributed by atoms with Crippen molar-refractivity contribution in [2.45, 2.75) is 70.9 Å². The van der Waals surface area contributed by atoms with Gasteiger partial charge in [-0.05, 0) is 57.9 Å². The molecule has 0 radical (unpaired) electrons. The summed E-state index contributed by atoms with van der Waals surface area (Å²) >= 11 is 0. The second-order valence-electron chi connectivity index (χ2n) is 11.1. The predicted octanol–water partition coefficient (Wildman–Crippen LogP) is 5.47. The van der Waals surface area contributed by atoms with Crippen LogP contribution in [0, 0.1) is 0 Å². The molecule has 0 bridgehead atoms. The van der Waals surface area contributed by atoms with E-state index >= 15 is 0 Å². The third-order valence-electron chi connectivity index (χ3n) is 6.37. The van der Waals surface area contributed by atoms with Gasteiger partial charge in [-0.1, -0.05) is 37.8 Å². The summed E-state index contributed by atoms with van der Waals surface area (Å²) in [6.45, 7) is 13.0. The normalized spacial score (nSPS) is 13.7. The van der Waals surface area contributed by atoms with Crippen molar-refractivity contribution in [1.29, 1.82) is 0 Å². The highest BCUT2D eigenvalue weighted by atomic mass is 16.6. The van der Waals surface area contributed by atoms with E-state index in [1.54, 1.807) is 0 Å². The second kappa shape index (κ2) is 13.9. The number of carbonyl (C=O) groups is 1.